The molecule has 1 N–H and O–H groups in total. The zero-order chi connectivity index (χ0) is 7.28. The van der Waals surface area contributed by atoms with Crippen LogP contribution < -0.4 is 0 Å². The molecule has 0 aliphatic carbocycles. The van der Waals surface area contributed by atoms with Crippen molar-refractivity contribution in [3.8, 4) is 6.07 Å². The molecule has 1 atom stereocenters. The molecule has 0 rings (SSSR count). The summed E-state index contributed by atoms with van der Waals surface area (Å²) >= 11 is 0. The zero-order valence-corrected chi connectivity index (χ0v) is 4.87. The summed E-state index contributed by atoms with van der Waals surface area (Å²) in [6.45, 7) is 3.27. The highest BCUT2D eigenvalue weighted by atomic mass is 16.4. The summed E-state index contributed by atoms with van der Waals surface area (Å²) in [6, 6.07) is 1.75. The van der Waals surface area contributed by atoms with Gasteiger partial charge in [-0.2, -0.15) is 5.26 Å². The van der Waals surface area contributed by atoms with Gasteiger partial charge >= 0.3 is 5.97 Å². The maximum Gasteiger partial charge on any atom is 0.311 e. The third kappa shape index (κ3) is 2.50. The van der Waals surface area contributed by atoms with Crippen LogP contribution in [0.2, 0.25) is 0 Å². The van der Waals surface area contributed by atoms with E-state index in [2.05, 4.69) is 6.58 Å². The van der Waals surface area contributed by atoms with E-state index in [0.29, 0.717) is 0 Å². The van der Waals surface area contributed by atoms with Gasteiger partial charge in [0.2, 0.25) is 0 Å². The van der Waals surface area contributed by atoms with E-state index in [1.165, 1.54) is 6.08 Å². The third-order valence-corrected chi connectivity index (χ3v) is 0.913. The molecule has 0 aliphatic heterocycles. The Morgan fingerprint density at radius 2 is 2.56 bits per heavy atom. The number of aliphatic carboxylic acids is 1. The lowest BCUT2D eigenvalue weighted by molar-refractivity contribution is -0.139. The summed E-state index contributed by atoms with van der Waals surface area (Å²) < 4.78 is 0. The van der Waals surface area contributed by atoms with Gasteiger partial charge in [0, 0.05) is 0 Å². The number of hydrogen-bond acceptors (Lipinski definition) is 2. The minimum atomic E-state index is -0.994. The summed E-state index contributed by atoms with van der Waals surface area (Å²) in [4.78, 5) is 10.1. The largest absolute Gasteiger partial charge is 0.481 e. The van der Waals surface area contributed by atoms with Gasteiger partial charge in [-0.15, -0.1) is 6.58 Å². The fraction of sp³-hybridized carbons (Fsp3) is 0.333. The molecule has 0 saturated heterocycles. The van der Waals surface area contributed by atoms with Crippen LogP contribution >= 0.6 is 0 Å². The first kappa shape index (κ1) is 7.70. The van der Waals surface area contributed by atoms with E-state index in [0.717, 1.165) is 0 Å². The van der Waals surface area contributed by atoms with Crippen molar-refractivity contribution < 1.29 is 9.90 Å². The average molecular weight is 125 g/mol. The Bertz CT molecular complexity index is 157. The molecule has 0 spiro atoms. The quantitative estimate of drug-likeness (QED) is 0.567. The Morgan fingerprint density at radius 1 is 2.00 bits per heavy atom. The van der Waals surface area contributed by atoms with Gasteiger partial charge in [0.05, 0.1) is 18.4 Å². The maximum absolute atomic E-state index is 10.1. The standard InChI is InChI=1S/C6H7NO2/c1-2-5(3-4-7)6(8)9/h2,5H,1,3H2,(H,8,9). The molecule has 3 nitrogen and oxygen atoms in total. The van der Waals surface area contributed by atoms with Crippen molar-refractivity contribution in [3.63, 3.8) is 0 Å². The Hall–Kier alpha value is -1.30. The van der Waals surface area contributed by atoms with Crippen molar-refractivity contribution in [2.75, 3.05) is 0 Å². The first-order valence-electron chi connectivity index (χ1n) is 2.44. The smallest absolute Gasteiger partial charge is 0.311 e. The van der Waals surface area contributed by atoms with Crippen LogP contribution in [0.15, 0.2) is 12.7 Å². The second kappa shape index (κ2) is 3.67. The molecule has 0 fully saturated rings. The van der Waals surface area contributed by atoms with Gasteiger partial charge in [-0.1, -0.05) is 6.08 Å². The zero-order valence-electron chi connectivity index (χ0n) is 4.87. The highest BCUT2D eigenvalue weighted by molar-refractivity contribution is 5.72. The van der Waals surface area contributed by atoms with Crippen LogP contribution in [0, 0.1) is 17.2 Å². The van der Waals surface area contributed by atoms with E-state index in [4.69, 9.17) is 10.4 Å². The van der Waals surface area contributed by atoms with Gasteiger partial charge in [-0.25, -0.2) is 0 Å². The predicted molar refractivity (Wildman–Crippen MR) is 31.6 cm³/mol. The molecule has 0 aromatic carbocycles. The van der Waals surface area contributed by atoms with Crippen molar-refractivity contribution in [3.05, 3.63) is 12.7 Å². The highest BCUT2D eigenvalue weighted by Gasteiger charge is 2.10. The molecule has 0 bridgehead atoms. The third-order valence-electron chi connectivity index (χ3n) is 0.913. The molecule has 0 aliphatic rings. The molecule has 0 heterocycles. The van der Waals surface area contributed by atoms with Crippen LogP contribution in [0.25, 0.3) is 0 Å². The topological polar surface area (TPSA) is 61.1 Å². The minimum absolute atomic E-state index is 0.00116. The van der Waals surface area contributed by atoms with E-state index in [-0.39, 0.29) is 6.42 Å². The lowest BCUT2D eigenvalue weighted by Gasteiger charge is -1.97. The van der Waals surface area contributed by atoms with Gasteiger partial charge in [-0.3, -0.25) is 4.79 Å². The summed E-state index contributed by atoms with van der Waals surface area (Å²) in [5.41, 5.74) is 0. The number of carbonyl (C=O) groups is 1. The van der Waals surface area contributed by atoms with Crippen LogP contribution in [-0.4, -0.2) is 11.1 Å². The van der Waals surface area contributed by atoms with Crippen molar-refractivity contribution >= 4 is 5.97 Å². The monoisotopic (exact) mass is 125 g/mol. The second-order valence-corrected chi connectivity index (χ2v) is 1.54. The summed E-state index contributed by atoms with van der Waals surface area (Å²) in [5, 5.41) is 16.3. The number of hydrogen-bond donors (Lipinski definition) is 1. The van der Waals surface area contributed by atoms with E-state index in [1.54, 1.807) is 6.07 Å². The van der Waals surface area contributed by atoms with Gasteiger partial charge in [0.15, 0.2) is 0 Å². The molecule has 0 saturated carbocycles. The number of nitriles is 1. The summed E-state index contributed by atoms with van der Waals surface area (Å²) in [5.74, 6) is -1.71. The number of nitrogens with zero attached hydrogens (tertiary/aromatic N) is 1. The van der Waals surface area contributed by atoms with Gasteiger partial charge in [0.25, 0.3) is 0 Å². The van der Waals surface area contributed by atoms with Gasteiger partial charge < -0.3 is 5.11 Å². The Kier molecular flexibility index (Phi) is 3.14. The van der Waals surface area contributed by atoms with Crippen LogP contribution in [-0.2, 0) is 4.79 Å². The number of carboxylic acid groups (broad SMARTS) is 1. The molecule has 0 aromatic heterocycles. The van der Waals surface area contributed by atoms with Crippen LogP contribution in [0.5, 0.6) is 0 Å². The van der Waals surface area contributed by atoms with E-state index in [1.807, 2.05) is 0 Å². The predicted octanol–water partition coefficient (Wildman–Crippen LogP) is 0.787. The lowest BCUT2D eigenvalue weighted by atomic mass is 10.1. The summed E-state index contributed by atoms with van der Waals surface area (Å²) in [6.07, 6.45) is 1.25. The Morgan fingerprint density at radius 3 is 2.67 bits per heavy atom. The summed E-state index contributed by atoms with van der Waals surface area (Å²) in [7, 11) is 0. The van der Waals surface area contributed by atoms with Crippen LogP contribution in [0.4, 0.5) is 0 Å². The molecule has 3 heteroatoms. The van der Waals surface area contributed by atoms with Crippen molar-refractivity contribution in [1.82, 2.24) is 0 Å². The molecule has 0 radical (unpaired) electrons. The Balaban J connectivity index is 3.86. The minimum Gasteiger partial charge on any atom is -0.481 e. The van der Waals surface area contributed by atoms with Crippen molar-refractivity contribution in [1.29, 1.82) is 5.26 Å². The fourth-order valence-electron chi connectivity index (χ4n) is 0.370. The average Bonchev–Trinajstić information content (AvgIpc) is 1.82. The maximum atomic E-state index is 10.1. The first-order valence-corrected chi connectivity index (χ1v) is 2.44. The van der Waals surface area contributed by atoms with Crippen molar-refractivity contribution in [2.45, 2.75) is 6.42 Å². The first-order chi connectivity index (χ1) is 4.22. The SMILES string of the molecule is C=CC(CC#N)C(=O)O. The van der Waals surface area contributed by atoms with E-state index < -0.39 is 11.9 Å². The van der Waals surface area contributed by atoms with Gasteiger partial charge in [0.1, 0.15) is 0 Å². The molecule has 1 unspecified atom stereocenters. The number of rotatable bonds is 3. The van der Waals surface area contributed by atoms with Crippen LogP contribution in [0.1, 0.15) is 6.42 Å². The van der Waals surface area contributed by atoms with Crippen molar-refractivity contribution in [2.24, 2.45) is 5.92 Å². The molecule has 9 heavy (non-hydrogen) atoms. The molecule has 0 amide bonds. The fourth-order valence-corrected chi connectivity index (χ4v) is 0.370. The molecular formula is C6H7NO2. The molecule has 0 aromatic rings. The van der Waals surface area contributed by atoms with Crippen LogP contribution in [0.3, 0.4) is 0 Å². The lowest BCUT2D eigenvalue weighted by Crippen LogP contribution is -2.09. The second-order valence-electron chi connectivity index (χ2n) is 1.54. The van der Waals surface area contributed by atoms with E-state index in [9.17, 15) is 4.79 Å². The Labute approximate surface area is 53.2 Å². The molecular weight excluding hydrogens is 118 g/mol. The van der Waals surface area contributed by atoms with E-state index >= 15 is 0 Å². The molecule has 48 valence electrons. The normalized spacial score (nSPS) is 11.4. The highest BCUT2D eigenvalue weighted by Crippen LogP contribution is 2.01. The van der Waals surface area contributed by atoms with Gasteiger partial charge in [-0.05, 0) is 0 Å². The number of carboxylic acids is 1.